The lowest BCUT2D eigenvalue weighted by atomic mass is 9.98. The van der Waals surface area contributed by atoms with Gasteiger partial charge in [-0.05, 0) is 68.9 Å². The third kappa shape index (κ3) is 3.33. The number of hydrogen-bond donors (Lipinski definition) is 0. The molecule has 0 saturated carbocycles. The van der Waals surface area contributed by atoms with E-state index in [2.05, 4.69) is 70.5 Å². The number of benzene rings is 1. The van der Waals surface area contributed by atoms with Crippen LogP contribution in [0.3, 0.4) is 0 Å². The van der Waals surface area contributed by atoms with Crippen LogP contribution >= 0.6 is 0 Å². The Morgan fingerprint density at radius 2 is 1.90 bits per heavy atom. The van der Waals surface area contributed by atoms with Crippen LogP contribution in [-0.2, 0) is 12.8 Å². The summed E-state index contributed by atoms with van der Waals surface area (Å²) in [7, 11) is 0. The van der Waals surface area contributed by atoms with E-state index in [9.17, 15) is 0 Å². The summed E-state index contributed by atoms with van der Waals surface area (Å²) in [4.78, 5) is 9.62. The van der Waals surface area contributed by atoms with E-state index in [1.807, 2.05) is 6.20 Å². The van der Waals surface area contributed by atoms with Gasteiger partial charge in [-0.3, -0.25) is 4.90 Å². The maximum absolute atomic E-state index is 4.57. The van der Waals surface area contributed by atoms with E-state index < -0.39 is 0 Å². The molecular weight excluding hydrogens is 356 g/mol. The van der Waals surface area contributed by atoms with Crippen LogP contribution in [0.2, 0.25) is 0 Å². The van der Waals surface area contributed by atoms with Crippen LogP contribution in [0.15, 0.2) is 36.5 Å². The first kappa shape index (κ1) is 18.7. The van der Waals surface area contributed by atoms with Crippen molar-refractivity contribution in [1.29, 1.82) is 0 Å². The summed E-state index contributed by atoms with van der Waals surface area (Å²) in [6, 6.07) is 11.8. The highest BCUT2D eigenvalue weighted by atomic mass is 15.3. The zero-order chi connectivity index (χ0) is 20.0. The molecule has 1 unspecified atom stereocenters. The Morgan fingerprint density at radius 1 is 1.07 bits per heavy atom. The zero-order valence-corrected chi connectivity index (χ0v) is 18.0. The number of nitrogens with zero attached hydrogens (tertiary/aromatic N) is 4. The molecule has 0 aliphatic carbocycles. The number of rotatable bonds is 4. The highest BCUT2D eigenvalue weighted by Crippen LogP contribution is 2.37. The quantitative estimate of drug-likeness (QED) is 0.656. The normalized spacial score (nSPS) is 19.8. The number of para-hydroxylation sites is 1. The molecule has 2 aliphatic heterocycles. The second-order valence-corrected chi connectivity index (χ2v) is 8.91. The number of pyridine rings is 1. The number of anilines is 1. The molecule has 4 heteroatoms. The van der Waals surface area contributed by atoms with Gasteiger partial charge in [-0.15, -0.1) is 0 Å². The van der Waals surface area contributed by atoms with Gasteiger partial charge in [0.1, 0.15) is 5.82 Å². The van der Waals surface area contributed by atoms with Crippen molar-refractivity contribution in [3.8, 4) is 0 Å². The maximum Gasteiger partial charge on any atom is 0.128 e. The van der Waals surface area contributed by atoms with Gasteiger partial charge in [-0.2, -0.15) is 0 Å². The summed E-state index contributed by atoms with van der Waals surface area (Å²) in [5.41, 5.74) is 7.39. The lowest BCUT2D eigenvalue weighted by Crippen LogP contribution is -2.47. The van der Waals surface area contributed by atoms with Gasteiger partial charge in [-0.1, -0.05) is 18.2 Å². The Kier molecular flexibility index (Phi) is 4.83. The van der Waals surface area contributed by atoms with Crippen molar-refractivity contribution in [2.75, 3.05) is 37.6 Å². The highest BCUT2D eigenvalue weighted by molar-refractivity contribution is 5.89. The summed E-state index contributed by atoms with van der Waals surface area (Å²) in [6.07, 6.45) is 5.55. The SMILES string of the molecule is Cc1ccnc(N2CCN(CCc3c(C)n4c5c(cccc35)CCC4C)CC2)c1. The molecule has 4 heterocycles. The number of piperazine rings is 1. The van der Waals surface area contributed by atoms with E-state index in [0.717, 1.165) is 45.0 Å². The van der Waals surface area contributed by atoms with E-state index in [-0.39, 0.29) is 0 Å². The molecule has 5 rings (SSSR count). The molecule has 1 fully saturated rings. The summed E-state index contributed by atoms with van der Waals surface area (Å²) in [6.45, 7) is 12.4. The minimum atomic E-state index is 0.617. The van der Waals surface area contributed by atoms with E-state index in [1.165, 1.54) is 40.6 Å². The Morgan fingerprint density at radius 3 is 2.69 bits per heavy atom. The fraction of sp³-hybridized carbons (Fsp3) is 0.480. The molecule has 0 bridgehead atoms. The molecule has 0 N–H and O–H groups in total. The molecule has 2 aromatic heterocycles. The average molecular weight is 389 g/mol. The Hall–Kier alpha value is -2.33. The smallest absolute Gasteiger partial charge is 0.128 e. The van der Waals surface area contributed by atoms with Crippen LogP contribution in [0.4, 0.5) is 5.82 Å². The van der Waals surface area contributed by atoms with Crippen molar-refractivity contribution in [2.45, 2.75) is 46.1 Å². The topological polar surface area (TPSA) is 24.3 Å². The highest BCUT2D eigenvalue weighted by Gasteiger charge is 2.24. The van der Waals surface area contributed by atoms with Crippen LogP contribution in [0, 0.1) is 13.8 Å². The molecule has 1 aromatic carbocycles. The second-order valence-electron chi connectivity index (χ2n) is 8.91. The first-order valence-electron chi connectivity index (χ1n) is 11.1. The third-order valence-corrected chi connectivity index (χ3v) is 7.03. The zero-order valence-electron chi connectivity index (χ0n) is 18.0. The second kappa shape index (κ2) is 7.49. The molecule has 0 amide bonds. The average Bonchev–Trinajstić information content (AvgIpc) is 3.03. The van der Waals surface area contributed by atoms with Gasteiger partial charge >= 0.3 is 0 Å². The number of hydrogen-bond acceptors (Lipinski definition) is 3. The summed E-state index contributed by atoms with van der Waals surface area (Å²) >= 11 is 0. The summed E-state index contributed by atoms with van der Waals surface area (Å²) in [5, 5.41) is 1.49. The monoisotopic (exact) mass is 388 g/mol. The van der Waals surface area contributed by atoms with E-state index >= 15 is 0 Å². The van der Waals surface area contributed by atoms with Crippen LogP contribution in [0.5, 0.6) is 0 Å². The van der Waals surface area contributed by atoms with Gasteiger partial charge in [-0.25, -0.2) is 4.98 Å². The predicted octanol–water partition coefficient (Wildman–Crippen LogP) is 4.53. The van der Waals surface area contributed by atoms with Gasteiger partial charge in [0.05, 0.1) is 5.52 Å². The largest absolute Gasteiger partial charge is 0.354 e. The third-order valence-electron chi connectivity index (χ3n) is 7.03. The Labute approximate surface area is 174 Å². The fourth-order valence-electron chi connectivity index (χ4n) is 5.35. The van der Waals surface area contributed by atoms with Crippen molar-refractivity contribution in [1.82, 2.24) is 14.5 Å². The van der Waals surface area contributed by atoms with Crippen LogP contribution in [0.1, 0.15) is 41.8 Å². The number of aryl methyl sites for hydroxylation is 2. The molecule has 1 saturated heterocycles. The maximum atomic E-state index is 4.57. The van der Waals surface area contributed by atoms with Crippen molar-refractivity contribution in [3.05, 3.63) is 58.9 Å². The molecule has 3 aromatic rings. The fourth-order valence-corrected chi connectivity index (χ4v) is 5.35. The predicted molar refractivity (Wildman–Crippen MR) is 121 cm³/mol. The van der Waals surface area contributed by atoms with Gasteiger partial charge in [0.15, 0.2) is 0 Å². The molecule has 1 atom stereocenters. The van der Waals surface area contributed by atoms with Gasteiger partial charge in [0.2, 0.25) is 0 Å². The van der Waals surface area contributed by atoms with Crippen molar-refractivity contribution >= 4 is 16.7 Å². The lowest BCUT2D eigenvalue weighted by Gasteiger charge is -2.35. The van der Waals surface area contributed by atoms with E-state index in [4.69, 9.17) is 0 Å². The van der Waals surface area contributed by atoms with Gasteiger partial charge in [0.25, 0.3) is 0 Å². The first-order valence-corrected chi connectivity index (χ1v) is 11.1. The summed E-state index contributed by atoms with van der Waals surface area (Å²) in [5.74, 6) is 1.13. The Balaban J connectivity index is 1.29. The first-order chi connectivity index (χ1) is 14.1. The molecule has 4 nitrogen and oxygen atoms in total. The van der Waals surface area contributed by atoms with E-state index in [1.54, 1.807) is 5.56 Å². The van der Waals surface area contributed by atoms with Crippen LogP contribution in [-0.4, -0.2) is 47.2 Å². The van der Waals surface area contributed by atoms with Gasteiger partial charge < -0.3 is 9.47 Å². The lowest BCUT2D eigenvalue weighted by molar-refractivity contribution is 0.260. The minimum absolute atomic E-state index is 0.617. The molecule has 2 aliphatic rings. The molecule has 29 heavy (non-hydrogen) atoms. The summed E-state index contributed by atoms with van der Waals surface area (Å²) < 4.78 is 2.62. The molecule has 0 spiro atoms. The number of aromatic nitrogens is 2. The Bertz CT molecular complexity index is 1030. The van der Waals surface area contributed by atoms with Crippen molar-refractivity contribution in [2.24, 2.45) is 0 Å². The van der Waals surface area contributed by atoms with Crippen LogP contribution < -0.4 is 4.90 Å². The molecule has 152 valence electrons. The van der Waals surface area contributed by atoms with Crippen molar-refractivity contribution in [3.63, 3.8) is 0 Å². The van der Waals surface area contributed by atoms with E-state index in [0.29, 0.717) is 6.04 Å². The molecular formula is C25H32N4. The minimum Gasteiger partial charge on any atom is -0.354 e. The van der Waals surface area contributed by atoms with Crippen LogP contribution in [0.25, 0.3) is 10.9 Å². The molecule has 0 radical (unpaired) electrons. The van der Waals surface area contributed by atoms with Crippen molar-refractivity contribution < 1.29 is 0 Å². The standard InChI is InChI=1S/C25H32N4/c1-18-9-11-26-24(17-18)28-15-13-27(14-16-28)12-10-22-20(3)29-19(2)7-8-21-5-4-6-23(22)25(21)29/h4-6,9,11,17,19H,7-8,10,12-16H2,1-3H3. The van der Waals surface area contributed by atoms with Gasteiger partial charge in [0, 0.05) is 56.0 Å².